The Morgan fingerprint density at radius 2 is 0.982 bits per heavy atom. The summed E-state index contributed by atoms with van der Waals surface area (Å²) in [6, 6.07) is 30.4. The standard InChI is InChI=1S/C29H31FN6O2.C28H28F2N6O2.C25H23F3N6O2/c1-29(2,35(3)4)27-19(17-10-12-38-16-17)6-8-24(34-27)33-22-7-5-20(21-14-32-28(37)26(21)22)23-15-31-25-13-18(30)9-11-36(23)25;1-35(2)16-22-20(28(30)8-11-38-12-9-28)4-6-24(34-22)33-21-5-3-18(19-14-32-27(37)26(19)21)23-15-31-25-13-17(29)7-10-36(23)25;1-33(2)12-18-20(36-13-21(27)28)5-6-22(32-18)31-17-4-3-15(16-10-30-25(35)24(16)17)19-11-29-23-9-14(26)7-8-34(19)23/h5-9,11,13,15,17H,10,12,14,16H2,1-4H3,(H,32,37)(H,33,34);3-7,10,13,15H,8-9,11-12,14,16H2,1-2H3,(H,32,37)(H,33,34);3-9,11,21H,10,12-13H2,1-2H3,(H,30,35)(H,31,32)/t17-;;/m1../s1. The molecule has 0 unspecified atom stereocenters. The van der Waals surface area contributed by atoms with E-state index in [1.54, 1.807) is 76.3 Å². The lowest BCUT2D eigenvalue weighted by molar-refractivity contribution is -0.0123. The molecule has 9 aromatic heterocycles. The summed E-state index contributed by atoms with van der Waals surface area (Å²) in [6.45, 7) is 7.79. The first-order chi connectivity index (χ1) is 53.9. The predicted octanol–water partition coefficient (Wildman–Crippen LogP) is 13.6. The maximum atomic E-state index is 15.9. The highest BCUT2D eigenvalue weighted by Gasteiger charge is 2.39. The fourth-order valence-corrected chi connectivity index (χ4v) is 14.9. The molecule has 2 saturated heterocycles. The quantitative estimate of drug-likeness (QED) is 0.0388. The molecule has 1 atom stereocenters. The molecule has 0 aliphatic carbocycles. The first-order valence-corrected chi connectivity index (χ1v) is 36.6. The fourth-order valence-electron chi connectivity index (χ4n) is 14.9. The van der Waals surface area contributed by atoms with E-state index in [0.29, 0.717) is 156 Å². The van der Waals surface area contributed by atoms with Crippen LogP contribution < -0.4 is 36.6 Å². The number of imidazole rings is 3. The van der Waals surface area contributed by atoms with Gasteiger partial charge in [-0.2, -0.15) is 0 Å². The van der Waals surface area contributed by atoms with Crippen LogP contribution in [0.15, 0.2) is 146 Å². The van der Waals surface area contributed by atoms with Crippen LogP contribution in [-0.4, -0.2) is 157 Å². The topological polar surface area (TPSA) is 251 Å². The summed E-state index contributed by atoms with van der Waals surface area (Å²) in [7, 11) is 11.6. The fraction of sp³-hybridized carbons (Fsp3) is 0.305. The zero-order valence-electron chi connectivity index (χ0n) is 62.8. The number of ether oxygens (including phenoxy) is 3. The van der Waals surface area contributed by atoms with Crippen LogP contribution in [0.1, 0.15) is 115 Å². The third-order valence-electron chi connectivity index (χ3n) is 20.9. The number of aromatic nitrogens is 9. The van der Waals surface area contributed by atoms with Gasteiger partial charge in [-0.3, -0.25) is 32.5 Å². The minimum atomic E-state index is -2.60. The molecule has 24 nitrogen and oxygen atoms in total. The van der Waals surface area contributed by atoms with Gasteiger partial charge in [-0.05, 0) is 145 Å². The number of hydrogen-bond acceptors (Lipinski definition) is 18. The summed E-state index contributed by atoms with van der Waals surface area (Å²) < 4.78 is 104. The van der Waals surface area contributed by atoms with Crippen molar-refractivity contribution in [3.8, 4) is 39.5 Å². The van der Waals surface area contributed by atoms with Gasteiger partial charge in [-0.1, -0.05) is 30.3 Å². The summed E-state index contributed by atoms with van der Waals surface area (Å²) in [4.78, 5) is 72.1. The highest BCUT2D eigenvalue weighted by molar-refractivity contribution is 6.08. The van der Waals surface area contributed by atoms with Crippen LogP contribution in [0.4, 0.5) is 60.9 Å². The van der Waals surface area contributed by atoms with E-state index in [4.69, 9.17) is 24.2 Å². The van der Waals surface area contributed by atoms with Crippen molar-refractivity contribution in [1.82, 2.24) is 73.8 Å². The highest BCUT2D eigenvalue weighted by Crippen LogP contribution is 2.43. The lowest BCUT2D eigenvalue weighted by atomic mass is 9.87. The third kappa shape index (κ3) is 15.2. The normalized spacial score (nSPS) is 15.7. The number of halogens is 6. The Kier molecular flexibility index (Phi) is 21.0. The first kappa shape index (κ1) is 75.6. The number of pyridine rings is 6. The number of nitrogens with zero attached hydrogens (tertiary/aromatic N) is 12. The highest BCUT2D eigenvalue weighted by atomic mass is 19.3. The number of rotatable bonds is 20. The van der Waals surface area contributed by atoms with Crippen LogP contribution in [0.5, 0.6) is 5.75 Å². The molecular formula is C82H82F6N18O6. The first-order valence-electron chi connectivity index (χ1n) is 36.6. The second-order valence-corrected chi connectivity index (χ2v) is 29.4. The number of carbonyl (C=O) groups excluding carboxylic acids is 3. The summed E-state index contributed by atoms with van der Waals surface area (Å²) >= 11 is 0. The van der Waals surface area contributed by atoms with Crippen molar-refractivity contribution >= 4 is 69.2 Å². The number of anilines is 6. The molecule has 112 heavy (non-hydrogen) atoms. The van der Waals surface area contributed by atoms with Gasteiger partial charge in [0.2, 0.25) is 0 Å². The van der Waals surface area contributed by atoms with Gasteiger partial charge in [0.05, 0.1) is 98.7 Å². The van der Waals surface area contributed by atoms with Gasteiger partial charge in [-0.15, -0.1) is 0 Å². The molecule has 5 aliphatic rings. The van der Waals surface area contributed by atoms with Gasteiger partial charge in [-0.25, -0.2) is 56.2 Å². The van der Waals surface area contributed by atoms with Gasteiger partial charge in [0.15, 0.2) is 0 Å². The number of alkyl halides is 3. The smallest absolute Gasteiger partial charge is 0.272 e. The Bertz CT molecular complexity index is 5640. The van der Waals surface area contributed by atoms with Crippen LogP contribution in [0.25, 0.3) is 50.7 Å². The molecule has 0 radical (unpaired) electrons. The second-order valence-electron chi connectivity index (χ2n) is 29.4. The maximum Gasteiger partial charge on any atom is 0.272 e. The van der Waals surface area contributed by atoms with Gasteiger partial charge in [0.25, 0.3) is 24.1 Å². The molecule has 5 aliphatic heterocycles. The van der Waals surface area contributed by atoms with E-state index in [1.807, 2.05) is 78.8 Å². The van der Waals surface area contributed by atoms with Crippen molar-refractivity contribution in [2.24, 2.45) is 0 Å². The maximum absolute atomic E-state index is 15.9. The van der Waals surface area contributed by atoms with E-state index in [-0.39, 0.29) is 46.5 Å². The van der Waals surface area contributed by atoms with Gasteiger partial charge >= 0.3 is 0 Å². The number of amides is 3. The molecular weight excluding hydrogens is 1450 g/mol. The minimum Gasteiger partial charge on any atom is -0.486 e. The van der Waals surface area contributed by atoms with Crippen LogP contribution in [0, 0.1) is 17.5 Å². The average molecular weight is 1530 g/mol. The molecule has 3 amide bonds. The SMILES string of the molecule is CN(C)C(C)(C)c1nc(Nc2ccc(-c3cnc4cc(F)ccn34)c3c2C(=O)NC3)ccc1[C@@H]1CCOC1.CN(C)Cc1nc(Nc2ccc(-c3cnc4cc(F)ccn34)c3c2C(=O)NC3)ccc1C1(F)CCOCC1.CN(C)Cc1nc(Nc2ccc(-c3cnc4cc(F)ccn34)c3c2C(=O)NC3)ccc1OCC(F)F. The zero-order valence-corrected chi connectivity index (χ0v) is 62.8. The Morgan fingerprint density at radius 1 is 0.554 bits per heavy atom. The molecule has 17 rings (SSSR count). The van der Waals surface area contributed by atoms with Crippen LogP contribution in [0.3, 0.4) is 0 Å². The van der Waals surface area contributed by atoms with Gasteiger partial charge in [0.1, 0.15) is 69.9 Å². The summed E-state index contributed by atoms with van der Waals surface area (Å²) in [6.07, 6.45) is 8.91. The molecule has 0 spiro atoms. The zero-order chi connectivity index (χ0) is 78.4. The van der Waals surface area contributed by atoms with Crippen molar-refractivity contribution < 1.29 is 54.9 Å². The Balaban J connectivity index is 0.000000133. The Hall–Kier alpha value is -11.8. The lowest BCUT2D eigenvalue weighted by Gasteiger charge is -2.35. The molecule has 12 aromatic rings. The van der Waals surface area contributed by atoms with Crippen molar-refractivity contribution in [3.63, 3.8) is 0 Å². The molecule has 6 N–H and O–H groups in total. The lowest BCUT2D eigenvalue weighted by Crippen LogP contribution is -2.37. The molecule has 0 saturated carbocycles. The molecule has 3 aromatic carbocycles. The van der Waals surface area contributed by atoms with Gasteiger partial charge < -0.3 is 55.9 Å². The van der Waals surface area contributed by atoms with Crippen molar-refractivity contribution in [1.29, 1.82) is 0 Å². The monoisotopic (exact) mass is 1530 g/mol. The number of benzene rings is 3. The average Bonchev–Trinajstić information content (AvgIpc) is 1.58. The molecule has 0 bridgehead atoms. The number of carbonyl (C=O) groups is 3. The van der Waals surface area contributed by atoms with Crippen molar-refractivity contribution in [2.75, 3.05) is 91.3 Å². The van der Waals surface area contributed by atoms with E-state index in [0.717, 1.165) is 69.2 Å². The number of hydrogen-bond donors (Lipinski definition) is 6. The van der Waals surface area contributed by atoms with Gasteiger partial charge in [0, 0.05) is 130 Å². The van der Waals surface area contributed by atoms with Crippen LogP contribution in [0.2, 0.25) is 0 Å². The number of nitrogens with one attached hydrogen (secondary N) is 6. The summed E-state index contributed by atoms with van der Waals surface area (Å²) in [5, 5.41) is 18.6. The summed E-state index contributed by atoms with van der Waals surface area (Å²) in [5.74, 6) is 0.585. The van der Waals surface area contributed by atoms with E-state index >= 15 is 4.39 Å². The van der Waals surface area contributed by atoms with Crippen LogP contribution in [-0.2, 0) is 53.4 Å². The Morgan fingerprint density at radius 3 is 1.41 bits per heavy atom. The minimum absolute atomic E-state index is 0.141. The number of fused-ring (bicyclic) bond motifs is 6. The molecule has 14 heterocycles. The van der Waals surface area contributed by atoms with E-state index in [2.05, 4.69) is 90.7 Å². The van der Waals surface area contributed by atoms with E-state index < -0.39 is 18.7 Å². The van der Waals surface area contributed by atoms with E-state index in [1.165, 1.54) is 42.0 Å². The van der Waals surface area contributed by atoms with E-state index in [9.17, 15) is 36.3 Å². The third-order valence-corrected chi connectivity index (χ3v) is 20.9. The predicted molar refractivity (Wildman–Crippen MR) is 412 cm³/mol. The van der Waals surface area contributed by atoms with Crippen molar-refractivity contribution in [2.45, 2.75) is 89.4 Å². The largest absolute Gasteiger partial charge is 0.486 e. The molecule has 578 valence electrons. The molecule has 2 fully saturated rings. The van der Waals surface area contributed by atoms with Crippen molar-refractivity contribution in [3.05, 3.63) is 225 Å². The Labute approximate surface area is 640 Å². The second kappa shape index (κ2) is 31.1. The molecule has 30 heteroatoms. The summed E-state index contributed by atoms with van der Waals surface area (Å²) in [5.41, 5.74) is 14.3. The van der Waals surface area contributed by atoms with Crippen LogP contribution >= 0.6 is 0 Å².